The maximum Gasteiger partial charge on any atom is 0.280 e. The normalized spacial score (nSPS) is 11.2. The first-order valence-corrected chi connectivity index (χ1v) is 12.8. The van der Waals surface area contributed by atoms with Crippen LogP contribution in [0, 0.1) is 0 Å². The number of hydrogen-bond donors (Lipinski definition) is 3. The Morgan fingerprint density at radius 1 is 1.00 bits per heavy atom. The summed E-state index contributed by atoms with van der Waals surface area (Å²) in [6, 6.07) is 7.70. The Hall–Kier alpha value is -4.33. The van der Waals surface area contributed by atoms with Crippen molar-refractivity contribution in [2.45, 2.75) is 4.90 Å². The molecule has 2 aromatic carbocycles. The molecule has 0 saturated heterocycles. The molecule has 0 bridgehead atoms. The maximum atomic E-state index is 12.5. The smallest absolute Gasteiger partial charge is 0.280 e. The Kier molecular flexibility index (Phi) is 7.91. The van der Waals surface area contributed by atoms with E-state index in [-0.39, 0.29) is 16.3 Å². The van der Waals surface area contributed by atoms with Gasteiger partial charge in [0.2, 0.25) is 5.95 Å². The van der Waals surface area contributed by atoms with E-state index < -0.39 is 21.7 Å². The van der Waals surface area contributed by atoms with E-state index in [1.165, 1.54) is 32.4 Å². The predicted molar refractivity (Wildman–Crippen MR) is 143 cm³/mol. The number of aliphatic imine (C=N–C) groups is 1. The predicted octanol–water partition coefficient (Wildman–Crippen LogP) is 0.619. The standard InChI is InChI=1S/C23H30N8O5S/c1-30(16-7-6-13(21(32)29-22(25)26)10-19(16)37(5,33)34)8-9-31(2)23-27-15-12-18(36-4)17(35-3)11-14(15)20(24)28-23/h6-7,10-12H,8-9H2,1-5H3,(H2,24,27,28)(H4,25,26,29,32). The lowest BCUT2D eigenvalue weighted by molar-refractivity contribution is 0.100. The highest BCUT2D eigenvalue weighted by Gasteiger charge is 2.20. The van der Waals surface area contributed by atoms with E-state index in [2.05, 4.69) is 15.0 Å². The fraction of sp³-hybridized carbons (Fsp3) is 0.304. The van der Waals surface area contributed by atoms with E-state index in [0.29, 0.717) is 47.1 Å². The van der Waals surface area contributed by atoms with Crippen LogP contribution in [0.4, 0.5) is 17.5 Å². The van der Waals surface area contributed by atoms with Crippen LogP contribution in [0.25, 0.3) is 10.9 Å². The zero-order chi connectivity index (χ0) is 27.5. The first-order chi connectivity index (χ1) is 17.3. The zero-order valence-electron chi connectivity index (χ0n) is 21.2. The van der Waals surface area contributed by atoms with Gasteiger partial charge in [0.25, 0.3) is 5.91 Å². The van der Waals surface area contributed by atoms with Gasteiger partial charge in [-0.1, -0.05) is 0 Å². The number of rotatable bonds is 9. The van der Waals surface area contributed by atoms with Crippen LogP contribution < -0.4 is 36.5 Å². The molecule has 198 valence electrons. The van der Waals surface area contributed by atoms with Crippen molar-refractivity contribution in [2.75, 3.05) is 63.2 Å². The van der Waals surface area contributed by atoms with Crippen LogP contribution in [0.15, 0.2) is 40.2 Å². The summed E-state index contributed by atoms with van der Waals surface area (Å²) < 4.78 is 35.7. The number of ether oxygens (including phenoxy) is 2. The number of amides is 1. The Balaban J connectivity index is 1.86. The van der Waals surface area contributed by atoms with Crippen LogP contribution in [0.5, 0.6) is 11.5 Å². The van der Waals surface area contributed by atoms with Gasteiger partial charge in [-0.05, 0) is 24.3 Å². The third kappa shape index (κ3) is 6.09. The molecule has 0 unspecified atom stereocenters. The zero-order valence-corrected chi connectivity index (χ0v) is 22.0. The number of nitrogens with two attached hydrogens (primary N) is 3. The fourth-order valence-corrected chi connectivity index (χ4v) is 4.54. The highest BCUT2D eigenvalue weighted by Crippen LogP contribution is 2.34. The number of sulfone groups is 1. The second kappa shape index (κ2) is 10.7. The summed E-state index contributed by atoms with van der Waals surface area (Å²) in [6.07, 6.45) is 1.07. The quantitative estimate of drug-likeness (QED) is 0.258. The summed E-state index contributed by atoms with van der Waals surface area (Å²) in [4.78, 5) is 28.2. The summed E-state index contributed by atoms with van der Waals surface area (Å²) in [5, 5.41) is 0.625. The van der Waals surface area contributed by atoms with Gasteiger partial charge in [-0.15, -0.1) is 0 Å². The van der Waals surface area contributed by atoms with Gasteiger partial charge in [0.1, 0.15) is 5.82 Å². The van der Waals surface area contributed by atoms with E-state index in [4.69, 9.17) is 26.7 Å². The van der Waals surface area contributed by atoms with Crippen molar-refractivity contribution in [3.05, 3.63) is 35.9 Å². The fourth-order valence-electron chi connectivity index (χ4n) is 3.60. The van der Waals surface area contributed by atoms with Gasteiger partial charge in [-0.25, -0.2) is 13.4 Å². The van der Waals surface area contributed by atoms with E-state index in [0.717, 1.165) is 6.26 Å². The number of carbonyl (C=O) groups is 1. The van der Waals surface area contributed by atoms with Crippen molar-refractivity contribution in [2.24, 2.45) is 16.5 Å². The van der Waals surface area contributed by atoms with E-state index in [9.17, 15) is 13.2 Å². The van der Waals surface area contributed by atoms with Crippen LogP contribution >= 0.6 is 0 Å². The van der Waals surface area contributed by atoms with E-state index >= 15 is 0 Å². The van der Waals surface area contributed by atoms with Crippen LogP contribution in [0.3, 0.4) is 0 Å². The molecule has 0 spiro atoms. The first kappa shape index (κ1) is 27.3. The number of nitrogen functional groups attached to an aromatic ring is 1. The molecule has 37 heavy (non-hydrogen) atoms. The van der Waals surface area contributed by atoms with Gasteiger partial charge in [-0.2, -0.15) is 9.98 Å². The van der Waals surface area contributed by atoms with E-state index in [1.54, 1.807) is 36.0 Å². The summed E-state index contributed by atoms with van der Waals surface area (Å²) in [5.74, 6) is 0.536. The molecule has 14 heteroatoms. The molecule has 0 radical (unpaired) electrons. The Morgan fingerprint density at radius 3 is 2.22 bits per heavy atom. The molecule has 0 aliphatic heterocycles. The van der Waals surface area contributed by atoms with Gasteiger partial charge in [0.15, 0.2) is 27.3 Å². The minimum absolute atomic E-state index is 0.0264. The van der Waals surface area contributed by atoms with Crippen LogP contribution in [-0.4, -0.2) is 77.9 Å². The monoisotopic (exact) mass is 530 g/mol. The number of benzene rings is 2. The number of nitrogens with zero attached hydrogens (tertiary/aromatic N) is 5. The topological polar surface area (TPSA) is 192 Å². The van der Waals surface area contributed by atoms with Crippen molar-refractivity contribution in [1.82, 2.24) is 9.97 Å². The number of aromatic nitrogens is 2. The lowest BCUT2D eigenvalue weighted by atomic mass is 10.2. The number of hydrogen-bond acceptors (Lipinski definition) is 10. The molecule has 13 nitrogen and oxygen atoms in total. The van der Waals surface area contributed by atoms with Gasteiger partial charge >= 0.3 is 0 Å². The Morgan fingerprint density at radius 2 is 1.62 bits per heavy atom. The average Bonchev–Trinajstić information content (AvgIpc) is 2.84. The third-order valence-electron chi connectivity index (χ3n) is 5.58. The molecular weight excluding hydrogens is 500 g/mol. The van der Waals surface area contributed by atoms with Crippen molar-refractivity contribution in [3.63, 3.8) is 0 Å². The minimum Gasteiger partial charge on any atom is -0.493 e. The third-order valence-corrected chi connectivity index (χ3v) is 6.71. The van der Waals surface area contributed by atoms with Gasteiger partial charge < -0.3 is 36.5 Å². The van der Waals surface area contributed by atoms with Crippen molar-refractivity contribution < 1.29 is 22.7 Å². The molecule has 0 aliphatic rings. The average molecular weight is 531 g/mol. The molecule has 3 aromatic rings. The highest BCUT2D eigenvalue weighted by molar-refractivity contribution is 7.90. The number of anilines is 3. The minimum atomic E-state index is -3.68. The van der Waals surface area contributed by atoms with Crippen LogP contribution in [0.2, 0.25) is 0 Å². The summed E-state index contributed by atoms with van der Waals surface area (Å²) in [5.41, 5.74) is 17.8. The summed E-state index contributed by atoms with van der Waals surface area (Å²) in [6.45, 7) is 0.820. The Bertz CT molecular complexity index is 1470. The maximum absolute atomic E-state index is 12.5. The Labute approximate surface area is 214 Å². The van der Waals surface area contributed by atoms with Gasteiger partial charge in [0.05, 0.1) is 30.3 Å². The molecule has 3 rings (SSSR count). The summed E-state index contributed by atoms with van der Waals surface area (Å²) in [7, 11) is 2.92. The molecule has 0 fully saturated rings. The molecule has 1 heterocycles. The molecule has 6 N–H and O–H groups in total. The number of likely N-dealkylation sites (N-methyl/N-ethyl adjacent to an activating group) is 2. The second-order valence-corrected chi connectivity index (χ2v) is 10.3. The molecule has 0 aliphatic carbocycles. The molecule has 0 saturated carbocycles. The van der Waals surface area contributed by atoms with Gasteiger partial charge in [-0.3, -0.25) is 4.79 Å². The number of methoxy groups -OCH3 is 2. The lowest BCUT2D eigenvalue weighted by Crippen LogP contribution is -2.32. The molecule has 0 atom stereocenters. The van der Waals surface area contributed by atoms with Crippen molar-refractivity contribution in [1.29, 1.82) is 0 Å². The molecule has 1 amide bonds. The van der Waals surface area contributed by atoms with Crippen LogP contribution in [-0.2, 0) is 9.84 Å². The van der Waals surface area contributed by atoms with Crippen molar-refractivity contribution in [3.8, 4) is 11.5 Å². The van der Waals surface area contributed by atoms with Gasteiger partial charge in [0, 0.05) is 50.5 Å². The second-order valence-electron chi connectivity index (χ2n) is 8.27. The number of carbonyl (C=O) groups excluding carboxylic acids is 1. The van der Waals surface area contributed by atoms with Crippen LogP contribution in [0.1, 0.15) is 10.4 Å². The molecular formula is C23H30N8O5S. The summed E-state index contributed by atoms with van der Waals surface area (Å²) >= 11 is 0. The first-order valence-electron chi connectivity index (χ1n) is 10.9. The largest absolute Gasteiger partial charge is 0.493 e. The van der Waals surface area contributed by atoms with E-state index in [1.807, 2.05) is 0 Å². The number of fused-ring (bicyclic) bond motifs is 1. The SMILES string of the molecule is COc1cc2nc(N(C)CCN(C)c3ccc(C(=O)N=C(N)N)cc3S(C)(=O)=O)nc(N)c2cc1OC. The molecule has 1 aromatic heterocycles. The van der Waals surface area contributed by atoms with Crippen molar-refractivity contribution >= 4 is 50.1 Å². The highest BCUT2D eigenvalue weighted by atomic mass is 32.2. The number of guanidine groups is 1. The lowest BCUT2D eigenvalue weighted by Gasteiger charge is -2.25.